The smallest absolute Gasteiger partial charge is 0.251 e. The van der Waals surface area contributed by atoms with E-state index in [0.29, 0.717) is 12.2 Å². The van der Waals surface area contributed by atoms with Crippen LogP contribution < -0.4 is 10.1 Å². The zero-order valence-electron chi connectivity index (χ0n) is 14.9. The Balaban J connectivity index is 1.36. The molecule has 0 saturated carbocycles. The van der Waals surface area contributed by atoms with Gasteiger partial charge >= 0.3 is 0 Å². The van der Waals surface area contributed by atoms with Gasteiger partial charge in [-0.25, -0.2) is 0 Å². The third-order valence-electron chi connectivity index (χ3n) is 5.25. The molecule has 4 nitrogen and oxygen atoms in total. The maximum absolute atomic E-state index is 12.6. The quantitative estimate of drug-likeness (QED) is 0.884. The molecule has 0 bridgehead atoms. The van der Waals surface area contributed by atoms with Gasteiger partial charge in [-0.15, -0.1) is 0 Å². The predicted molar refractivity (Wildman–Crippen MR) is 100 cm³/mol. The molecule has 2 aliphatic rings. The maximum Gasteiger partial charge on any atom is 0.251 e. The molecule has 4 rings (SSSR count). The molecule has 2 atom stereocenters. The highest BCUT2D eigenvalue weighted by molar-refractivity contribution is 5.94. The van der Waals surface area contributed by atoms with E-state index in [1.165, 1.54) is 11.1 Å². The predicted octanol–water partition coefficient (Wildman–Crippen LogP) is 4.05. The number of hydrogen-bond donors (Lipinski definition) is 1. The summed E-state index contributed by atoms with van der Waals surface area (Å²) in [5, 5.41) is 3.19. The summed E-state index contributed by atoms with van der Waals surface area (Å²) in [6.07, 6.45) is 5.56. The van der Waals surface area contributed by atoms with Crippen LogP contribution in [0.2, 0.25) is 0 Å². The summed E-state index contributed by atoms with van der Waals surface area (Å²) in [6, 6.07) is 15.9. The molecule has 1 aliphatic heterocycles. The highest BCUT2D eigenvalue weighted by atomic mass is 16.5. The van der Waals surface area contributed by atoms with Gasteiger partial charge in [-0.1, -0.05) is 24.3 Å². The van der Waals surface area contributed by atoms with Gasteiger partial charge in [-0.2, -0.15) is 0 Å². The number of fused-ring (bicyclic) bond motifs is 1. The van der Waals surface area contributed by atoms with Gasteiger partial charge < -0.3 is 14.8 Å². The van der Waals surface area contributed by atoms with Gasteiger partial charge in [0.25, 0.3) is 5.91 Å². The van der Waals surface area contributed by atoms with Crippen molar-refractivity contribution in [1.82, 2.24) is 5.32 Å². The minimum absolute atomic E-state index is 0.0302. The van der Waals surface area contributed by atoms with Crippen LogP contribution in [0.3, 0.4) is 0 Å². The molecule has 1 amide bonds. The van der Waals surface area contributed by atoms with E-state index in [-0.39, 0.29) is 18.1 Å². The zero-order valence-corrected chi connectivity index (χ0v) is 14.9. The van der Waals surface area contributed by atoms with Gasteiger partial charge in [0.15, 0.2) is 0 Å². The Kier molecular flexibility index (Phi) is 5.21. The van der Waals surface area contributed by atoms with Crippen molar-refractivity contribution in [2.45, 2.75) is 44.2 Å². The Morgan fingerprint density at radius 2 is 1.92 bits per heavy atom. The van der Waals surface area contributed by atoms with Crippen molar-refractivity contribution < 1.29 is 14.3 Å². The van der Waals surface area contributed by atoms with Crippen molar-refractivity contribution in [3.63, 3.8) is 0 Å². The maximum atomic E-state index is 12.6. The highest BCUT2D eigenvalue weighted by Gasteiger charge is 2.22. The largest absolute Gasteiger partial charge is 0.491 e. The average Bonchev–Trinajstić information content (AvgIpc) is 3.21. The van der Waals surface area contributed by atoms with E-state index >= 15 is 0 Å². The summed E-state index contributed by atoms with van der Waals surface area (Å²) in [5.41, 5.74) is 3.27. The molecule has 1 saturated heterocycles. The number of ether oxygens (including phenoxy) is 2. The fraction of sp³-hybridized carbons (Fsp3) is 0.409. The molecule has 4 heteroatoms. The summed E-state index contributed by atoms with van der Waals surface area (Å²) in [6.45, 7) is 1.40. The standard InChI is InChI=1S/C22H25NO3/c24-22(23-21-9-3-6-16-5-1-2-8-20(16)21)17-10-12-18(13-11-17)26-15-19-7-4-14-25-19/h1-2,5,8,10-13,19,21H,3-4,6-7,9,14-15H2,(H,23,24). The van der Waals surface area contributed by atoms with Gasteiger partial charge in [0.2, 0.25) is 0 Å². The minimum Gasteiger partial charge on any atom is -0.491 e. The van der Waals surface area contributed by atoms with Crippen LogP contribution >= 0.6 is 0 Å². The van der Waals surface area contributed by atoms with Gasteiger partial charge in [0.1, 0.15) is 12.4 Å². The second kappa shape index (κ2) is 7.92. The Hall–Kier alpha value is -2.33. The molecular weight excluding hydrogens is 326 g/mol. The zero-order chi connectivity index (χ0) is 17.8. The molecule has 136 valence electrons. The number of nitrogens with one attached hydrogen (secondary N) is 1. The molecule has 2 unspecified atom stereocenters. The minimum atomic E-state index is -0.0302. The molecule has 1 fully saturated rings. The molecule has 0 aromatic heterocycles. The third-order valence-corrected chi connectivity index (χ3v) is 5.25. The number of aryl methyl sites for hydroxylation is 1. The van der Waals surface area contributed by atoms with E-state index in [1.54, 1.807) is 0 Å². The number of carbonyl (C=O) groups is 1. The lowest BCUT2D eigenvalue weighted by Gasteiger charge is -2.26. The molecule has 0 spiro atoms. The fourth-order valence-electron chi connectivity index (χ4n) is 3.81. The van der Waals surface area contributed by atoms with Crippen LogP contribution in [-0.2, 0) is 11.2 Å². The third kappa shape index (κ3) is 3.91. The van der Waals surface area contributed by atoms with Crippen LogP contribution in [-0.4, -0.2) is 25.2 Å². The monoisotopic (exact) mass is 351 g/mol. The first-order valence-electron chi connectivity index (χ1n) is 9.53. The summed E-state index contributed by atoms with van der Waals surface area (Å²) in [4.78, 5) is 12.6. The van der Waals surface area contributed by atoms with E-state index in [9.17, 15) is 4.79 Å². The first kappa shape index (κ1) is 17.1. The van der Waals surface area contributed by atoms with Crippen LogP contribution in [0.25, 0.3) is 0 Å². The van der Waals surface area contributed by atoms with Crippen LogP contribution in [0, 0.1) is 0 Å². The normalized spacial score (nSPS) is 21.8. The molecule has 0 radical (unpaired) electrons. The second-order valence-corrected chi connectivity index (χ2v) is 7.09. The van der Waals surface area contributed by atoms with Gasteiger partial charge in [0.05, 0.1) is 12.1 Å². The summed E-state index contributed by atoms with van der Waals surface area (Å²) in [5.74, 6) is 0.748. The van der Waals surface area contributed by atoms with Crippen LogP contribution in [0.4, 0.5) is 0 Å². The summed E-state index contributed by atoms with van der Waals surface area (Å²) < 4.78 is 11.3. The Bertz CT molecular complexity index is 750. The lowest BCUT2D eigenvalue weighted by molar-refractivity contribution is 0.0679. The summed E-state index contributed by atoms with van der Waals surface area (Å²) >= 11 is 0. The van der Waals surface area contributed by atoms with Gasteiger partial charge in [-0.3, -0.25) is 4.79 Å². The van der Waals surface area contributed by atoms with Crippen molar-refractivity contribution in [1.29, 1.82) is 0 Å². The lowest BCUT2D eigenvalue weighted by atomic mass is 9.87. The van der Waals surface area contributed by atoms with Gasteiger partial charge in [0, 0.05) is 12.2 Å². The lowest BCUT2D eigenvalue weighted by Crippen LogP contribution is -2.30. The fourth-order valence-corrected chi connectivity index (χ4v) is 3.81. The highest BCUT2D eigenvalue weighted by Crippen LogP contribution is 2.29. The van der Waals surface area contributed by atoms with Crippen molar-refractivity contribution in [2.75, 3.05) is 13.2 Å². The molecule has 26 heavy (non-hydrogen) atoms. The van der Waals surface area contributed by atoms with E-state index < -0.39 is 0 Å². The first-order chi connectivity index (χ1) is 12.8. The molecule has 2 aromatic carbocycles. The van der Waals surface area contributed by atoms with Crippen molar-refractivity contribution in [3.8, 4) is 5.75 Å². The number of hydrogen-bond acceptors (Lipinski definition) is 3. The molecular formula is C22H25NO3. The van der Waals surface area contributed by atoms with Crippen molar-refractivity contribution in [3.05, 3.63) is 65.2 Å². The van der Waals surface area contributed by atoms with Crippen molar-refractivity contribution in [2.24, 2.45) is 0 Å². The average molecular weight is 351 g/mol. The Morgan fingerprint density at radius 1 is 1.08 bits per heavy atom. The SMILES string of the molecule is O=C(NC1CCCc2ccccc21)c1ccc(OCC2CCCO2)cc1. The topological polar surface area (TPSA) is 47.6 Å². The number of carbonyl (C=O) groups excluding carboxylic acids is 1. The number of rotatable bonds is 5. The number of amides is 1. The molecule has 1 heterocycles. The van der Waals surface area contributed by atoms with E-state index in [4.69, 9.17) is 9.47 Å². The Labute approximate surface area is 154 Å². The van der Waals surface area contributed by atoms with Crippen molar-refractivity contribution >= 4 is 5.91 Å². The molecule has 1 aliphatic carbocycles. The first-order valence-corrected chi connectivity index (χ1v) is 9.53. The number of benzene rings is 2. The van der Waals surface area contributed by atoms with Crippen LogP contribution in [0.1, 0.15) is 53.2 Å². The second-order valence-electron chi connectivity index (χ2n) is 7.09. The summed E-state index contributed by atoms with van der Waals surface area (Å²) in [7, 11) is 0. The van der Waals surface area contributed by atoms with E-state index in [1.807, 2.05) is 30.3 Å². The van der Waals surface area contributed by atoms with Crippen LogP contribution in [0.5, 0.6) is 5.75 Å². The molecule has 2 aromatic rings. The Morgan fingerprint density at radius 3 is 2.73 bits per heavy atom. The van der Waals surface area contributed by atoms with E-state index in [2.05, 4.69) is 23.5 Å². The van der Waals surface area contributed by atoms with Crippen LogP contribution in [0.15, 0.2) is 48.5 Å². The van der Waals surface area contributed by atoms with E-state index in [0.717, 1.165) is 44.5 Å². The van der Waals surface area contributed by atoms with Gasteiger partial charge in [-0.05, 0) is 67.5 Å². The molecule has 1 N–H and O–H groups in total.